The maximum Gasteiger partial charge on any atom is 0.268 e. The number of hydrogen-bond acceptors (Lipinski definition) is 3. The Morgan fingerprint density at radius 2 is 1.68 bits per heavy atom. The molecule has 0 saturated carbocycles. The first-order chi connectivity index (χ1) is 15.1. The summed E-state index contributed by atoms with van der Waals surface area (Å²) in [7, 11) is 0. The van der Waals surface area contributed by atoms with Gasteiger partial charge in [0.25, 0.3) is 5.91 Å². The molecule has 158 valence electrons. The smallest absolute Gasteiger partial charge is 0.268 e. The zero-order valence-electron chi connectivity index (χ0n) is 17.1. The fourth-order valence-corrected chi connectivity index (χ4v) is 4.54. The van der Waals surface area contributed by atoms with Crippen LogP contribution in [-0.2, 0) is 9.59 Å². The fraction of sp³-hybridized carbons (Fsp3) is 0.292. The van der Waals surface area contributed by atoms with Gasteiger partial charge in [-0.1, -0.05) is 36.4 Å². The van der Waals surface area contributed by atoms with E-state index in [0.717, 1.165) is 29.4 Å². The normalized spacial score (nSPS) is 21.1. The van der Waals surface area contributed by atoms with Crippen molar-refractivity contribution in [3.63, 3.8) is 0 Å². The van der Waals surface area contributed by atoms with Crippen molar-refractivity contribution in [2.45, 2.75) is 18.9 Å². The van der Waals surface area contributed by atoms with Crippen LogP contribution in [0.5, 0.6) is 0 Å². The van der Waals surface area contributed by atoms with Crippen molar-refractivity contribution in [3.8, 4) is 0 Å². The Labute approximate surface area is 180 Å². The van der Waals surface area contributed by atoms with Crippen LogP contribution in [-0.4, -0.2) is 53.3 Å². The summed E-state index contributed by atoms with van der Waals surface area (Å²) < 4.78 is 0. The van der Waals surface area contributed by atoms with Crippen molar-refractivity contribution in [1.82, 2.24) is 15.2 Å². The summed E-state index contributed by atoms with van der Waals surface area (Å²) in [5.74, 6) is -1.32. The first-order valence-electron chi connectivity index (χ1n) is 10.7. The minimum absolute atomic E-state index is 0.0637. The number of carbonyl (C=O) groups is 3. The molecule has 2 aliphatic heterocycles. The summed E-state index contributed by atoms with van der Waals surface area (Å²) in [5, 5.41) is 3.77. The second kappa shape index (κ2) is 7.91. The Kier molecular flexibility index (Phi) is 4.94. The Morgan fingerprint density at radius 1 is 0.968 bits per heavy atom. The van der Waals surface area contributed by atoms with Crippen molar-refractivity contribution in [1.29, 1.82) is 0 Å². The number of anilines is 1. The van der Waals surface area contributed by atoms with Crippen LogP contribution in [0, 0.1) is 5.92 Å². The summed E-state index contributed by atoms with van der Waals surface area (Å²) in [6, 6.07) is 17.8. The van der Waals surface area contributed by atoms with Gasteiger partial charge in [-0.3, -0.25) is 14.4 Å². The molecule has 0 spiro atoms. The van der Waals surface area contributed by atoms with Crippen LogP contribution in [0.15, 0.2) is 60.7 Å². The van der Waals surface area contributed by atoms with Gasteiger partial charge in [0, 0.05) is 36.2 Å². The van der Waals surface area contributed by atoms with Gasteiger partial charge in [0.15, 0.2) is 0 Å². The number of amides is 3. The van der Waals surface area contributed by atoms with Gasteiger partial charge in [0.2, 0.25) is 11.8 Å². The molecular weight excluding hydrogens is 392 g/mol. The molecule has 7 heteroatoms. The molecule has 2 aliphatic rings. The van der Waals surface area contributed by atoms with Gasteiger partial charge < -0.3 is 20.1 Å². The second-order valence-corrected chi connectivity index (χ2v) is 8.14. The molecule has 3 aromatic rings. The lowest BCUT2D eigenvalue weighted by atomic mass is 10.0. The third-order valence-electron chi connectivity index (χ3n) is 6.18. The number of hydrogen-bond donors (Lipinski definition) is 2. The van der Waals surface area contributed by atoms with E-state index in [4.69, 9.17) is 0 Å². The molecule has 3 heterocycles. The predicted octanol–water partition coefficient (Wildman–Crippen LogP) is 2.55. The SMILES string of the molecule is O=C(N[C@@H]1C(=O)N(c2ccccc2)C[C@H]1C(=O)N1CCCC1)c1cc2ccccc2[nH]1. The molecule has 0 bridgehead atoms. The molecule has 0 radical (unpaired) electrons. The highest BCUT2D eigenvalue weighted by Gasteiger charge is 2.47. The van der Waals surface area contributed by atoms with Gasteiger partial charge in [-0.25, -0.2) is 0 Å². The molecule has 0 aliphatic carbocycles. The molecule has 3 amide bonds. The van der Waals surface area contributed by atoms with Gasteiger partial charge in [0.1, 0.15) is 11.7 Å². The molecule has 2 saturated heterocycles. The topological polar surface area (TPSA) is 85.5 Å². The lowest BCUT2D eigenvalue weighted by Gasteiger charge is -2.23. The predicted molar refractivity (Wildman–Crippen MR) is 118 cm³/mol. The maximum absolute atomic E-state index is 13.3. The Hall–Kier alpha value is -3.61. The fourth-order valence-electron chi connectivity index (χ4n) is 4.54. The number of rotatable bonds is 4. The van der Waals surface area contributed by atoms with Crippen LogP contribution >= 0.6 is 0 Å². The summed E-state index contributed by atoms with van der Waals surface area (Å²) in [6.45, 7) is 1.67. The minimum Gasteiger partial charge on any atom is -0.351 e. The molecule has 5 rings (SSSR count). The standard InChI is InChI=1S/C24H24N4O3/c29-22(20-14-16-8-4-5-11-19(16)25-20)26-21-18(23(30)27-12-6-7-13-27)15-28(24(21)31)17-9-2-1-3-10-17/h1-5,8-11,14,18,21,25H,6-7,12-13,15H2,(H,26,29)/t18-,21+/m1/s1. The second-order valence-electron chi connectivity index (χ2n) is 8.14. The summed E-state index contributed by atoms with van der Waals surface area (Å²) in [4.78, 5) is 46.1. The summed E-state index contributed by atoms with van der Waals surface area (Å²) >= 11 is 0. The van der Waals surface area contributed by atoms with E-state index in [9.17, 15) is 14.4 Å². The molecule has 2 fully saturated rings. The molecule has 2 aromatic carbocycles. The first kappa shape index (κ1) is 19.4. The van der Waals surface area contributed by atoms with E-state index in [2.05, 4.69) is 10.3 Å². The zero-order chi connectivity index (χ0) is 21.4. The van der Waals surface area contributed by atoms with Crippen LogP contribution in [0.2, 0.25) is 0 Å². The molecular formula is C24H24N4O3. The van der Waals surface area contributed by atoms with Crippen molar-refractivity contribution in [2.75, 3.05) is 24.5 Å². The largest absolute Gasteiger partial charge is 0.351 e. The van der Waals surface area contributed by atoms with Gasteiger partial charge in [-0.2, -0.15) is 0 Å². The highest BCUT2D eigenvalue weighted by atomic mass is 16.2. The molecule has 7 nitrogen and oxygen atoms in total. The molecule has 2 atom stereocenters. The quantitative estimate of drug-likeness (QED) is 0.685. The van der Waals surface area contributed by atoms with E-state index in [1.54, 1.807) is 11.0 Å². The third-order valence-corrected chi connectivity index (χ3v) is 6.18. The van der Waals surface area contributed by atoms with E-state index in [0.29, 0.717) is 18.8 Å². The Balaban J connectivity index is 1.43. The maximum atomic E-state index is 13.3. The van der Waals surface area contributed by atoms with Crippen LogP contribution < -0.4 is 10.2 Å². The van der Waals surface area contributed by atoms with Gasteiger partial charge in [-0.15, -0.1) is 0 Å². The van der Waals surface area contributed by atoms with Crippen LogP contribution in [0.1, 0.15) is 23.3 Å². The number of benzene rings is 2. The van der Waals surface area contributed by atoms with E-state index in [1.165, 1.54) is 0 Å². The van der Waals surface area contributed by atoms with Gasteiger partial charge in [0.05, 0.1) is 5.92 Å². The van der Waals surface area contributed by atoms with Crippen molar-refractivity contribution in [2.24, 2.45) is 5.92 Å². The molecule has 2 N–H and O–H groups in total. The minimum atomic E-state index is -0.896. The third kappa shape index (κ3) is 3.56. The zero-order valence-corrected chi connectivity index (χ0v) is 17.1. The number of para-hydroxylation sites is 2. The highest BCUT2D eigenvalue weighted by molar-refractivity contribution is 6.08. The van der Waals surface area contributed by atoms with Crippen molar-refractivity contribution >= 4 is 34.3 Å². The number of H-pyrrole nitrogens is 1. The van der Waals surface area contributed by atoms with Crippen molar-refractivity contribution < 1.29 is 14.4 Å². The summed E-state index contributed by atoms with van der Waals surface area (Å²) in [5.41, 5.74) is 1.95. The monoisotopic (exact) mass is 416 g/mol. The van der Waals surface area contributed by atoms with Gasteiger partial charge >= 0.3 is 0 Å². The average molecular weight is 416 g/mol. The van der Waals surface area contributed by atoms with Gasteiger partial charge in [-0.05, 0) is 37.1 Å². The first-order valence-corrected chi connectivity index (χ1v) is 10.7. The number of nitrogens with one attached hydrogen (secondary N) is 2. The van der Waals surface area contributed by atoms with E-state index in [-0.39, 0.29) is 24.3 Å². The summed E-state index contributed by atoms with van der Waals surface area (Å²) in [6.07, 6.45) is 1.95. The van der Waals surface area contributed by atoms with E-state index < -0.39 is 12.0 Å². The highest BCUT2D eigenvalue weighted by Crippen LogP contribution is 2.28. The average Bonchev–Trinajstić information content (AvgIpc) is 3.54. The number of carbonyl (C=O) groups excluding carboxylic acids is 3. The Bertz CT molecular complexity index is 1100. The molecule has 31 heavy (non-hydrogen) atoms. The number of fused-ring (bicyclic) bond motifs is 1. The number of likely N-dealkylation sites (tertiary alicyclic amines) is 1. The van der Waals surface area contributed by atoms with Crippen LogP contribution in [0.4, 0.5) is 5.69 Å². The lowest BCUT2D eigenvalue weighted by Crippen LogP contribution is -2.49. The lowest BCUT2D eigenvalue weighted by molar-refractivity contribution is -0.135. The van der Waals surface area contributed by atoms with E-state index in [1.807, 2.05) is 59.5 Å². The Morgan fingerprint density at radius 3 is 2.42 bits per heavy atom. The molecule has 0 unspecified atom stereocenters. The van der Waals surface area contributed by atoms with Crippen LogP contribution in [0.3, 0.4) is 0 Å². The van der Waals surface area contributed by atoms with Crippen LogP contribution in [0.25, 0.3) is 10.9 Å². The van der Waals surface area contributed by atoms with Crippen molar-refractivity contribution in [3.05, 3.63) is 66.4 Å². The number of nitrogens with zero attached hydrogens (tertiary/aromatic N) is 2. The van der Waals surface area contributed by atoms with E-state index >= 15 is 0 Å². The number of aromatic amines is 1. The molecule has 1 aromatic heterocycles. The number of aromatic nitrogens is 1.